The average Bonchev–Trinajstić information content (AvgIpc) is 3.18. The van der Waals surface area contributed by atoms with E-state index in [1.807, 2.05) is 43.3 Å². The minimum atomic E-state index is -0.405. The van der Waals surface area contributed by atoms with Crippen LogP contribution in [-0.4, -0.2) is 49.6 Å². The number of nitrogens with zero attached hydrogens (tertiary/aromatic N) is 2. The molecule has 1 aromatic heterocycles. The summed E-state index contributed by atoms with van der Waals surface area (Å²) in [7, 11) is 0. The van der Waals surface area contributed by atoms with Crippen molar-refractivity contribution in [2.45, 2.75) is 25.6 Å². The summed E-state index contributed by atoms with van der Waals surface area (Å²) in [4.78, 5) is 19.1. The zero-order valence-corrected chi connectivity index (χ0v) is 16.0. The highest BCUT2D eigenvalue weighted by Gasteiger charge is 2.39. The summed E-state index contributed by atoms with van der Waals surface area (Å²) < 4.78 is 17.0. The van der Waals surface area contributed by atoms with Crippen molar-refractivity contribution in [2.75, 3.05) is 43.1 Å². The smallest absolute Gasteiger partial charge is 0.274 e. The Morgan fingerprint density at radius 1 is 1.18 bits per heavy atom. The second-order valence-electron chi connectivity index (χ2n) is 6.91. The number of hydrogen-bond acceptors (Lipinski definition) is 6. The van der Waals surface area contributed by atoms with Crippen LogP contribution in [0.4, 0.5) is 11.4 Å². The molecule has 2 aromatic rings. The van der Waals surface area contributed by atoms with E-state index in [-0.39, 0.29) is 5.91 Å². The number of rotatable bonds is 5. The van der Waals surface area contributed by atoms with E-state index in [0.717, 1.165) is 37.4 Å². The molecule has 0 saturated carbocycles. The van der Waals surface area contributed by atoms with Crippen molar-refractivity contribution in [3.63, 3.8) is 0 Å². The molecule has 2 aliphatic rings. The second-order valence-corrected chi connectivity index (χ2v) is 6.91. The Bertz CT molecular complexity index is 809. The Morgan fingerprint density at radius 2 is 1.89 bits per heavy atom. The van der Waals surface area contributed by atoms with E-state index in [1.165, 1.54) is 0 Å². The van der Waals surface area contributed by atoms with Gasteiger partial charge < -0.3 is 24.4 Å². The van der Waals surface area contributed by atoms with Crippen molar-refractivity contribution in [2.24, 2.45) is 0 Å². The molecule has 0 bridgehead atoms. The van der Waals surface area contributed by atoms with Gasteiger partial charge in [-0.05, 0) is 43.3 Å². The van der Waals surface area contributed by atoms with Gasteiger partial charge in [0.2, 0.25) is 0 Å². The van der Waals surface area contributed by atoms with Crippen LogP contribution < -0.4 is 15.0 Å². The van der Waals surface area contributed by atoms with Crippen molar-refractivity contribution in [3.8, 4) is 5.75 Å². The normalized spacial score (nSPS) is 18.2. The number of carbonyl (C=O) groups is 1. The molecule has 7 heteroatoms. The highest BCUT2D eigenvalue weighted by molar-refractivity contribution is 6.03. The Hall–Kier alpha value is -2.64. The molecule has 0 radical (unpaired) electrons. The van der Waals surface area contributed by atoms with Crippen LogP contribution in [0.1, 0.15) is 30.3 Å². The molecule has 2 saturated heterocycles. The molecule has 7 nitrogen and oxygen atoms in total. The third-order valence-electron chi connectivity index (χ3n) is 5.10. The van der Waals surface area contributed by atoms with Gasteiger partial charge in [0.05, 0.1) is 19.8 Å². The van der Waals surface area contributed by atoms with Crippen molar-refractivity contribution >= 4 is 17.3 Å². The lowest BCUT2D eigenvalue weighted by Crippen LogP contribution is -2.45. The Labute approximate surface area is 164 Å². The first-order valence-electron chi connectivity index (χ1n) is 9.71. The third kappa shape index (κ3) is 4.10. The monoisotopic (exact) mass is 383 g/mol. The van der Waals surface area contributed by atoms with Crippen molar-refractivity contribution in [1.82, 2.24) is 4.98 Å². The number of hydrogen-bond donors (Lipinski definition) is 1. The maximum atomic E-state index is 12.6. The zero-order chi connectivity index (χ0) is 19.4. The summed E-state index contributed by atoms with van der Waals surface area (Å²) in [5.74, 6) is 0.137. The zero-order valence-electron chi connectivity index (χ0n) is 16.0. The van der Waals surface area contributed by atoms with Gasteiger partial charge >= 0.3 is 0 Å². The van der Waals surface area contributed by atoms with Gasteiger partial charge in [-0.15, -0.1) is 0 Å². The number of aromatic nitrogens is 1. The molecule has 0 aliphatic carbocycles. The predicted molar refractivity (Wildman–Crippen MR) is 106 cm³/mol. The van der Waals surface area contributed by atoms with Crippen LogP contribution in [-0.2, 0) is 9.47 Å². The SMILES string of the molecule is CCOc1ccc(NC(=O)c2cc(N3CCC4(CC3)OCCO4)ccn2)cc1. The Morgan fingerprint density at radius 3 is 2.57 bits per heavy atom. The minimum Gasteiger partial charge on any atom is -0.494 e. The highest BCUT2D eigenvalue weighted by atomic mass is 16.7. The molecule has 148 valence electrons. The number of ether oxygens (including phenoxy) is 3. The summed E-state index contributed by atoms with van der Waals surface area (Å²) in [6.07, 6.45) is 3.32. The molecule has 1 spiro atoms. The lowest BCUT2D eigenvalue weighted by atomic mass is 10.0. The van der Waals surface area contributed by atoms with Gasteiger partial charge in [-0.25, -0.2) is 0 Å². The van der Waals surface area contributed by atoms with Gasteiger partial charge in [-0.2, -0.15) is 0 Å². The van der Waals surface area contributed by atoms with E-state index in [2.05, 4.69) is 15.2 Å². The molecule has 0 unspecified atom stereocenters. The van der Waals surface area contributed by atoms with E-state index in [1.54, 1.807) is 6.20 Å². The molecule has 0 atom stereocenters. The topological polar surface area (TPSA) is 72.9 Å². The summed E-state index contributed by atoms with van der Waals surface area (Å²) in [6, 6.07) is 11.1. The van der Waals surface area contributed by atoms with E-state index < -0.39 is 5.79 Å². The lowest BCUT2D eigenvalue weighted by Gasteiger charge is -2.38. The fourth-order valence-corrected chi connectivity index (χ4v) is 3.63. The number of amides is 1. The average molecular weight is 383 g/mol. The van der Waals surface area contributed by atoms with E-state index in [4.69, 9.17) is 14.2 Å². The maximum Gasteiger partial charge on any atom is 0.274 e. The fourth-order valence-electron chi connectivity index (χ4n) is 3.63. The van der Waals surface area contributed by atoms with Gasteiger partial charge in [0.25, 0.3) is 5.91 Å². The lowest BCUT2D eigenvalue weighted by molar-refractivity contribution is -0.169. The molecule has 2 fully saturated rings. The van der Waals surface area contributed by atoms with Crippen LogP contribution in [0.5, 0.6) is 5.75 Å². The first-order valence-corrected chi connectivity index (χ1v) is 9.71. The van der Waals surface area contributed by atoms with Crippen LogP contribution in [0.3, 0.4) is 0 Å². The Kier molecular flexibility index (Phi) is 5.45. The van der Waals surface area contributed by atoms with E-state index in [0.29, 0.717) is 31.2 Å². The molecule has 3 heterocycles. The number of carbonyl (C=O) groups excluding carboxylic acids is 1. The summed E-state index contributed by atoms with van der Waals surface area (Å²) in [5.41, 5.74) is 2.08. The van der Waals surface area contributed by atoms with Gasteiger partial charge in [0.15, 0.2) is 5.79 Å². The van der Waals surface area contributed by atoms with E-state index in [9.17, 15) is 4.79 Å². The molecule has 2 aliphatic heterocycles. The minimum absolute atomic E-state index is 0.234. The molecule has 1 aromatic carbocycles. The maximum absolute atomic E-state index is 12.6. The molecule has 4 rings (SSSR count). The molecular weight excluding hydrogens is 358 g/mol. The van der Waals surface area contributed by atoms with E-state index >= 15 is 0 Å². The molecule has 28 heavy (non-hydrogen) atoms. The molecule has 1 amide bonds. The summed E-state index contributed by atoms with van der Waals surface area (Å²) >= 11 is 0. The van der Waals surface area contributed by atoms with Crippen LogP contribution in [0.25, 0.3) is 0 Å². The number of pyridine rings is 1. The van der Waals surface area contributed by atoms with Crippen LogP contribution >= 0.6 is 0 Å². The van der Waals surface area contributed by atoms with Gasteiger partial charge in [-0.3, -0.25) is 9.78 Å². The predicted octanol–water partition coefficient (Wildman–Crippen LogP) is 3.08. The first kappa shape index (κ1) is 18.7. The standard InChI is InChI=1S/C21H25N3O4/c1-2-26-18-5-3-16(4-6-18)23-20(25)19-15-17(7-10-22-19)24-11-8-21(9-12-24)27-13-14-28-21/h3-7,10,15H,2,8-9,11-14H2,1H3,(H,23,25). The van der Waals surface area contributed by atoms with Gasteiger partial charge in [0.1, 0.15) is 11.4 Å². The number of benzene rings is 1. The van der Waals surface area contributed by atoms with Gasteiger partial charge in [-0.1, -0.05) is 0 Å². The highest BCUT2D eigenvalue weighted by Crippen LogP contribution is 2.33. The van der Waals surface area contributed by atoms with Crippen LogP contribution in [0, 0.1) is 0 Å². The van der Waals surface area contributed by atoms with Crippen LogP contribution in [0.15, 0.2) is 42.6 Å². The second kappa shape index (κ2) is 8.16. The fraction of sp³-hybridized carbons (Fsp3) is 0.429. The molecule has 1 N–H and O–H groups in total. The van der Waals surface area contributed by atoms with Crippen molar-refractivity contribution < 1.29 is 19.0 Å². The quantitative estimate of drug-likeness (QED) is 0.855. The van der Waals surface area contributed by atoms with Crippen molar-refractivity contribution in [1.29, 1.82) is 0 Å². The first-order chi connectivity index (χ1) is 13.7. The summed E-state index contributed by atoms with van der Waals surface area (Å²) in [5, 5.41) is 2.88. The Balaban J connectivity index is 1.39. The largest absolute Gasteiger partial charge is 0.494 e. The number of piperidine rings is 1. The van der Waals surface area contributed by atoms with Crippen molar-refractivity contribution in [3.05, 3.63) is 48.3 Å². The number of nitrogens with one attached hydrogen (secondary N) is 1. The van der Waals surface area contributed by atoms with Crippen LogP contribution in [0.2, 0.25) is 0 Å². The third-order valence-corrected chi connectivity index (χ3v) is 5.10. The number of anilines is 2. The molecular formula is C21H25N3O4. The van der Waals surface area contributed by atoms with Gasteiger partial charge in [0, 0.05) is 43.5 Å². The summed E-state index contributed by atoms with van der Waals surface area (Å²) in [6.45, 7) is 5.53.